The minimum Gasteiger partial charge on any atom is -0.468 e. The van der Waals surface area contributed by atoms with Gasteiger partial charge in [-0.25, -0.2) is 4.79 Å². The van der Waals surface area contributed by atoms with E-state index in [2.05, 4.69) is 10.1 Å². The van der Waals surface area contributed by atoms with E-state index >= 15 is 0 Å². The number of carbonyl (C=O) groups is 2. The molecular weight excluding hydrogens is 270 g/mol. The molecule has 21 heavy (non-hydrogen) atoms. The fourth-order valence-corrected chi connectivity index (χ4v) is 2.83. The number of hydrogen-bond acceptors (Lipinski definition) is 5. The van der Waals surface area contributed by atoms with Crippen LogP contribution in [-0.2, 0) is 14.3 Å². The summed E-state index contributed by atoms with van der Waals surface area (Å²) < 4.78 is 10.2. The van der Waals surface area contributed by atoms with E-state index in [1.54, 1.807) is 0 Å². The largest absolute Gasteiger partial charge is 0.468 e. The lowest BCUT2D eigenvalue weighted by atomic mass is 10.00. The van der Waals surface area contributed by atoms with Crippen molar-refractivity contribution in [2.75, 3.05) is 13.7 Å². The van der Waals surface area contributed by atoms with Crippen molar-refractivity contribution in [3.05, 3.63) is 34.4 Å². The highest BCUT2D eigenvalue weighted by molar-refractivity contribution is 5.93. The molecule has 0 spiro atoms. The Morgan fingerprint density at radius 2 is 1.81 bits per heavy atom. The molecule has 0 saturated carbocycles. The molecule has 1 aliphatic heterocycles. The van der Waals surface area contributed by atoms with Gasteiger partial charge >= 0.3 is 11.9 Å². The third-order valence-corrected chi connectivity index (χ3v) is 3.73. The lowest BCUT2D eigenvalue weighted by Gasteiger charge is -2.14. The van der Waals surface area contributed by atoms with E-state index in [-0.39, 0.29) is 18.0 Å². The monoisotopic (exact) mass is 291 g/mol. The van der Waals surface area contributed by atoms with E-state index in [9.17, 15) is 9.59 Å². The standard InChI is InChI=1S/C16H21NO4/c1-9-5-10(2)14(11(3)6-9)16(19)21-12-7-13(17-8-12)15(18)20-4/h5-6,12-13,17H,7-8H2,1-4H3. The van der Waals surface area contributed by atoms with Gasteiger partial charge in [0.1, 0.15) is 12.1 Å². The van der Waals surface area contributed by atoms with E-state index in [0.717, 1.165) is 16.7 Å². The maximum Gasteiger partial charge on any atom is 0.338 e. The maximum absolute atomic E-state index is 12.3. The van der Waals surface area contributed by atoms with Crippen LogP contribution in [0.25, 0.3) is 0 Å². The number of aryl methyl sites for hydroxylation is 3. The van der Waals surface area contributed by atoms with E-state index < -0.39 is 6.04 Å². The molecule has 5 nitrogen and oxygen atoms in total. The molecule has 5 heteroatoms. The Balaban J connectivity index is 2.05. The first-order valence-electron chi connectivity index (χ1n) is 7.02. The summed E-state index contributed by atoms with van der Waals surface area (Å²) in [4.78, 5) is 23.8. The quantitative estimate of drug-likeness (QED) is 0.858. The van der Waals surface area contributed by atoms with Crippen molar-refractivity contribution in [2.45, 2.75) is 39.3 Å². The van der Waals surface area contributed by atoms with Gasteiger partial charge in [0.15, 0.2) is 0 Å². The van der Waals surface area contributed by atoms with Crippen LogP contribution in [0.15, 0.2) is 12.1 Å². The molecule has 0 radical (unpaired) electrons. The van der Waals surface area contributed by atoms with Crippen LogP contribution < -0.4 is 5.32 Å². The van der Waals surface area contributed by atoms with Crippen molar-refractivity contribution in [3.8, 4) is 0 Å². The third kappa shape index (κ3) is 3.42. The van der Waals surface area contributed by atoms with Crippen molar-refractivity contribution >= 4 is 11.9 Å². The second-order valence-electron chi connectivity index (χ2n) is 5.52. The topological polar surface area (TPSA) is 64.6 Å². The van der Waals surface area contributed by atoms with Crippen LogP contribution in [0.1, 0.15) is 33.5 Å². The highest BCUT2D eigenvalue weighted by atomic mass is 16.5. The summed E-state index contributed by atoms with van der Waals surface area (Å²) >= 11 is 0. The van der Waals surface area contributed by atoms with Crippen LogP contribution >= 0.6 is 0 Å². The zero-order chi connectivity index (χ0) is 15.6. The van der Waals surface area contributed by atoms with Gasteiger partial charge in [-0.05, 0) is 31.9 Å². The zero-order valence-electron chi connectivity index (χ0n) is 12.9. The Hall–Kier alpha value is -1.88. The van der Waals surface area contributed by atoms with Gasteiger partial charge in [-0.1, -0.05) is 17.7 Å². The molecule has 2 unspecified atom stereocenters. The van der Waals surface area contributed by atoms with Crippen LogP contribution in [0.2, 0.25) is 0 Å². The van der Waals surface area contributed by atoms with Crippen LogP contribution in [0.3, 0.4) is 0 Å². The number of carbonyl (C=O) groups excluding carboxylic acids is 2. The van der Waals surface area contributed by atoms with Crippen LogP contribution in [0, 0.1) is 20.8 Å². The first-order chi connectivity index (χ1) is 9.92. The highest BCUT2D eigenvalue weighted by Crippen LogP contribution is 2.20. The number of esters is 2. The van der Waals surface area contributed by atoms with Crippen molar-refractivity contribution in [2.24, 2.45) is 0 Å². The summed E-state index contributed by atoms with van der Waals surface area (Å²) in [5, 5.41) is 3.00. The van der Waals surface area contributed by atoms with E-state index in [1.165, 1.54) is 7.11 Å². The maximum atomic E-state index is 12.3. The van der Waals surface area contributed by atoms with E-state index in [0.29, 0.717) is 18.5 Å². The van der Waals surface area contributed by atoms with Gasteiger partial charge in [-0.15, -0.1) is 0 Å². The van der Waals surface area contributed by atoms with Crippen molar-refractivity contribution in [1.29, 1.82) is 0 Å². The first kappa shape index (κ1) is 15.5. The third-order valence-electron chi connectivity index (χ3n) is 3.73. The van der Waals surface area contributed by atoms with Gasteiger partial charge < -0.3 is 14.8 Å². The summed E-state index contributed by atoms with van der Waals surface area (Å²) in [5.74, 6) is -0.654. The summed E-state index contributed by atoms with van der Waals surface area (Å²) in [6.45, 7) is 6.27. The Labute approximate surface area is 124 Å². The molecule has 1 aromatic rings. The van der Waals surface area contributed by atoms with Gasteiger partial charge in [0.05, 0.1) is 12.7 Å². The average Bonchev–Trinajstić information content (AvgIpc) is 2.85. The number of benzene rings is 1. The smallest absolute Gasteiger partial charge is 0.338 e. The second kappa shape index (κ2) is 6.26. The Morgan fingerprint density at radius 3 is 2.38 bits per heavy atom. The number of hydrogen-bond donors (Lipinski definition) is 1. The molecule has 1 N–H and O–H groups in total. The van der Waals surface area contributed by atoms with Gasteiger partial charge in [-0.3, -0.25) is 4.79 Å². The van der Waals surface area contributed by atoms with Crippen molar-refractivity contribution in [1.82, 2.24) is 5.32 Å². The molecule has 1 fully saturated rings. The molecule has 0 amide bonds. The first-order valence-corrected chi connectivity index (χ1v) is 7.02. The number of rotatable bonds is 3. The van der Waals surface area contributed by atoms with Crippen LogP contribution in [-0.4, -0.2) is 37.7 Å². The van der Waals surface area contributed by atoms with Gasteiger partial charge in [-0.2, -0.15) is 0 Å². The van der Waals surface area contributed by atoms with Gasteiger partial charge in [0, 0.05) is 13.0 Å². The fourth-order valence-electron chi connectivity index (χ4n) is 2.83. The average molecular weight is 291 g/mol. The molecule has 1 saturated heterocycles. The summed E-state index contributed by atoms with van der Waals surface area (Å²) in [6.07, 6.45) is 0.143. The molecule has 0 bridgehead atoms. The Bertz CT molecular complexity index is 544. The number of nitrogens with one attached hydrogen (secondary N) is 1. The predicted octanol–water partition coefficient (Wildman–Crippen LogP) is 1.67. The highest BCUT2D eigenvalue weighted by Gasteiger charge is 2.33. The lowest BCUT2D eigenvalue weighted by Crippen LogP contribution is -2.31. The minimum atomic E-state index is -0.395. The zero-order valence-corrected chi connectivity index (χ0v) is 12.9. The summed E-state index contributed by atoms with van der Waals surface area (Å²) in [6, 6.07) is 3.54. The summed E-state index contributed by atoms with van der Waals surface area (Å²) in [7, 11) is 1.35. The van der Waals surface area contributed by atoms with Gasteiger partial charge in [0.25, 0.3) is 0 Å². The molecule has 114 valence electrons. The SMILES string of the molecule is COC(=O)C1CC(OC(=O)c2c(C)cc(C)cc2C)CN1. The molecular formula is C16H21NO4. The van der Waals surface area contributed by atoms with Crippen LogP contribution in [0.5, 0.6) is 0 Å². The lowest BCUT2D eigenvalue weighted by molar-refractivity contribution is -0.142. The molecule has 1 heterocycles. The van der Waals surface area contributed by atoms with E-state index in [4.69, 9.17) is 4.74 Å². The summed E-state index contributed by atoms with van der Waals surface area (Å²) in [5.41, 5.74) is 3.55. The minimum absolute atomic E-state index is 0.304. The molecule has 2 rings (SSSR count). The fraction of sp³-hybridized carbons (Fsp3) is 0.500. The number of methoxy groups -OCH3 is 1. The predicted molar refractivity (Wildman–Crippen MR) is 78.3 cm³/mol. The Morgan fingerprint density at radius 1 is 1.19 bits per heavy atom. The molecule has 0 aromatic heterocycles. The molecule has 2 atom stereocenters. The van der Waals surface area contributed by atoms with Crippen molar-refractivity contribution < 1.29 is 19.1 Å². The molecule has 1 aliphatic rings. The van der Waals surface area contributed by atoms with Gasteiger partial charge in [0.2, 0.25) is 0 Å². The molecule has 1 aromatic carbocycles. The second-order valence-corrected chi connectivity index (χ2v) is 5.52. The Kier molecular flexibility index (Phi) is 4.63. The van der Waals surface area contributed by atoms with E-state index in [1.807, 2.05) is 32.9 Å². The van der Waals surface area contributed by atoms with Crippen LogP contribution in [0.4, 0.5) is 0 Å². The van der Waals surface area contributed by atoms with Crippen molar-refractivity contribution in [3.63, 3.8) is 0 Å². The normalized spacial score (nSPS) is 21.1. The number of ether oxygens (including phenoxy) is 2. The molecule has 0 aliphatic carbocycles.